The van der Waals surface area contributed by atoms with Gasteiger partial charge in [0.05, 0.1) is 0 Å². The van der Waals surface area contributed by atoms with Crippen molar-refractivity contribution in [2.75, 3.05) is 5.73 Å². The van der Waals surface area contributed by atoms with Gasteiger partial charge in [-0.1, -0.05) is 25.2 Å². The van der Waals surface area contributed by atoms with E-state index < -0.39 is 10.0 Å². The first-order valence-corrected chi connectivity index (χ1v) is 7.72. The van der Waals surface area contributed by atoms with E-state index in [1.165, 1.54) is 0 Å². The number of aromatic nitrogens is 2. The Bertz CT molecular complexity index is 455. The topological polar surface area (TPSA) is 98.0 Å². The first-order valence-electron chi connectivity index (χ1n) is 5.42. The maximum absolute atomic E-state index is 11.8. The highest BCUT2D eigenvalue weighted by atomic mass is 32.2. The lowest BCUT2D eigenvalue weighted by atomic mass is 10.1. The number of nitrogens with zero attached hydrogens (tertiary/aromatic N) is 2. The van der Waals surface area contributed by atoms with Crippen LogP contribution in [-0.2, 0) is 10.0 Å². The highest BCUT2D eigenvalue weighted by molar-refractivity contribution is 7.91. The molecule has 3 N–H and O–H groups in total. The molecule has 1 unspecified atom stereocenters. The zero-order valence-electron chi connectivity index (χ0n) is 10.2. The molecule has 17 heavy (non-hydrogen) atoms. The van der Waals surface area contributed by atoms with Crippen molar-refractivity contribution in [1.29, 1.82) is 0 Å². The van der Waals surface area contributed by atoms with Gasteiger partial charge in [-0.05, 0) is 25.7 Å². The van der Waals surface area contributed by atoms with Crippen LogP contribution in [-0.4, -0.2) is 24.7 Å². The van der Waals surface area contributed by atoms with Gasteiger partial charge in [0.15, 0.2) is 0 Å². The third-order valence-electron chi connectivity index (χ3n) is 2.19. The van der Waals surface area contributed by atoms with Gasteiger partial charge in [-0.3, -0.25) is 0 Å². The van der Waals surface area contributed by atoms with Crippen LogP contribution >= 0.6 is 11.3 Å². The van der Waals surface area contributed by atoms with Crippen LogP contribution in [0.4, 0.5) is 5.13 Å². The third kappa shape index (κ3) is 4.57. The van der Waals surface area contributed by atoms with Crippen molar-refractivity contribution in [2.45, 2.75) is 44.0 Å². The van der Waals surface area contributed by atoms with Gasteiger partial charge in [0.1, 0.15) is 0 Å². The summed E-state index contributed by atoms with van der Waals surface area (Å²) in [5.41, 5.74) is 5.36. The molecule has 0 saturated heterocycles. The molecule has 1 aromatic rings. The molecule has 1 atom stereocenters. The Kier molecular flexibility index (Phi) is 4.84. The van der Waals surface area contributed by atoms with Crippen LogP contribution in [0.1, 0.15) is 33.6 Å². The molecule has 0 fully saturated rings. The number of hydrogen-bond acceptors (Lipinski definition) is 6. The molecule has 0 aliphatic carbocycles. The predicted octanol–water partition coefficient (Wildman–Crippen LogP) is 1.22. The lowest BCUT2D eigenvalue weighted by molar-refractivity contribution is 0.485. The van der Waals surface area contributed by atoms with Crippen LogP contribution in [0.3, 0.4) is 0 Å². The molecule has 1 rings (SSSR count). The fourth-order valence-corrected chi connectivity index (χ4v) is 3.36. The second-order valence-corrected chi connectivity index (χ2v) is 7.30. The van der Waals surface area contributed by atoms with Crippen molar-refractivity contribution in [3.05, 3.63) is 0 Å². The molecule has 0 bridgehead atoms. The average molecular weight is 278 g/mol. The third-order valence-corrected chi connectivity index (χ3v) is 4.89. The summed E-state index contributed by atoms with van der Waals surface area (Å²) in [5, 5.41) is 7.17. The van der Waals surface area contributed by atoms with Crippen molar-refractivity contribution in [1.82, 2.24) is 14.9 Å². The van der Waals surface area contributed by atoms with E-state index in [-0.39, 0.29) is 15.5 Å². The Hall–Kier alpha value is -0.730. The van der Waals surface area contributed by atoms with Gasteiger partial charge in [0, 0.05) is 6.04 Å². The fourth-order valence-electron chi connectivity index (χ4n) is 1.29. The van der Waals surface area contributed by atoms with Gasteiger partial charge < -0.3 is 5.73 Å². The molecule has 8 heteroatoms. The van der Waals surface area contributed by atoms with E-state index in [1.807, 2.05) is 6.92 Å². The lowest BCUT2D eigenvalue weighted by Gasteiger charge is -2.13. The van der Waals surface area contributed by atoms with Crippen molar-refractivity contribution >= 4 is 26.5 Å². The standard InChI is InChI=1S/C9H18N4O2S2/c1-6(2)4-5-7(3)13-17(14,15)9-12-11-8(10)16-9/h6-7,13H,4-5H2,1-3H3,(H2,10,11). The maximum atomic E-state index is 11.8. The van der Waals surface area contributed by atoms with Crippen molar-refractivity contribution < 1.29 is 8.42 Å². The van der Waals surface area contributed by atoms with Crippen LogP contribution in [0.2, 0.25) is 0 Å². The number of anilines is 1. The molecular formula is C9H18N4O2S2. The van der Waals surface area contributed by atoms with E-state index in [2.05, 4.69) is 28.8 Å². The average Bonchev–Trinajstić information content (AvgIpc) is 2.62. The highest BCUT2D eigenvalue weighted by Gasteiger charge is 2.21. The van der Waals surface area contributed by atoms with Gasteiger partial charge in [-0.2, -0.15) is 0 Å². The summed E-state index contributed by atoms with van der Waals surface area (Å²) < 4.78 is 26.2. The first-order chi connectivity index (χ1) is 7.81. The molecule has 0 aliphatic heterocycles. The molecule has 1 aromatic heterocycles. The Balaban J connectivity index is 2.61. The van der Waals surface area contributed by atoms with Crippen LogP contribution in [0, 0.1) is 5.92 Å². The lowest BCUT2D eigenvalue weighted by Crippen LogP contribution is -2.32. The van der Waals surface area contributed by atoms with E-state index in [0.717, 1.165) is 24.2 Å². The number of sulfonamides is 1. The van der Waals surface area contributed by atoms with Crippen LogP contribution < -0.4 is 10.5 Å². The second kappa shape index (κ2) is 5.74. The summed E-state index contributed by atoms with van der Waals surface area (Å²) in [4.78, 5) is 0. The summed E-state index contributed by atoms with van der Waals surface area (Å²) in [6, 6.07) is -0.118. The second-order valence-electron chi connectivity index (χ2n) is 4.40. The molecule has 0 radical (unpaired) electrons. The first kappa shape index (κ1) is 14.3. The van der Waals surface area contributed by atoms with Gasteiger partial charge in [0.25, 0.3) is 10.0 Å². The quantitative estimate of drug-likeness (QED) is 0.815. The van der Waals surface area contributed by atoms with Gasteiger partial charge in [-0.25, -0.2) is 13.1 Å². The minimum atomic E-state index is -3.57. The van der Waals surface area contributed by atoms with Crippen LogP contribution in [0.5, 0.6) is 0 Å². The number of rotatable bonds is 6. The van der Waals surface area contributed by atoms with E-state index in [1.54, 1.807) is 0 Å². The number of nitrogen functional groups attached to an aromatic ring is 1. The zero-order chi connectivity index (χ0) is 13.1. The van der Waals surface area contributed by atoms with Crippen molar-refractivity contribution in [3.8, 4) is 0 Å². The van der Waals surface area contributed by atoms with E-state index >= 15 is 0 Å². The van der Waals surface area contributed by atoms with Crippen LogP contribution in [0.15, 0.2) is 4.34 Å². The minimum absolute atomic E-state index is 0.0774. The zero-order valence-corrected chi connectivity index (χ0v) is 11.8. The van der Waals surface area contributed by atoms with Gasteiger partial charge in [-0.15, -0.1) is 10.2 Å². The molecule has 98 valence electrons. The Labute approximate surface area is 106 Å². The normalized spacial score (nSPS) is 14.1. The Morgan fingerprint density at radius 1 is 1.29 bits per heavy atom. The summed E-state index contributed by atoms with van der Waals surface area (Å²) in [7, 11) is -3.57. The van der Waals surface area contributed by atoms with E-state index in [4.69, 9.17) is 5.73 Å². The molecule has 0 saturated carbocycles. The molecular weight excluding hydrogens is 260 g/mol. The van der Waals surface area contributed by atoms with Crippen molar-refractivity contribution in [2.24, 2.45) is 5.92 Å². The Morgan fingerprint density at radius 2 is 1.94 bits per heavy atom. The number of nitrogens with one attached hydrogen (secondary N) is 1. The maximum Gasteiger partial charge on any atom is 0.270 e. The van der Waals surface area contributed by atoms with E-state index in [9.17, 15) is 8.42 Å². The van der Waals surface area contributed by atoms with Crippen LogP contribution in [0.25, 0.3) is 0 Å². The van der Waals surface area contributed by atoms with E-state index in [0.29, 0.717) is 5.92 Å². The summed E-state index contributed by atoms with van der Waals surface area (Å²) in [6.07, 6.45) is 1.77. The highest BCUT2D eigenvalue weighted by Crippen LogP contribution is 2.17. The monoisotopic (exact) mass is 278 g/mol. The predicted molar refractivity (Wildman–Crippen MR) is 68.2 cm³/mol. The van der Waals surface area contributed by atoms with Gasteiger partial charge in [0.2, 0.25) is 9.47 Å². The molecule has 6 nitrogen and oxygen atoms in total. The molecule has 0 aliphatic rings. The number of nitrogens with two attached hydrogens (primary N) is 1. The minimum Gasteiger partial charge on any atom is -0.374 e. The molecule has 1 heterocycles. The SMILES string of the molecule is CC(C)CCC(C)NS(=O)(=O)c1nnc(N)s1. The summed E-state index contributed by atoms with van der Waals surface area (Å²) >= 11 is 0.866. The molecule has 0 aromatic carbocycles. The van der Waals surface area contributed by atoms with Gasteiger partial charge >= 0.3 is 0 Å². The molecule has 0 amide bonds. The smallest absolute Gasteiger partial charge is 0.270 e. The Morgan fingerprint density at radius 3 is 2.41 bits per heavy atom. The molecule has 0 spiro atoms. The summed E-state index contributed by atoms with van der Waals surface area (Å²) in [5.74, 6) is 0.555. The number of hydrogen-bond donors (Lipinski definition) is 2. The summed E-state index contributed by atoms with van der Waals surface area (Å²) in [6.45, 7) is 6.05. The fraction of sp³-hybridized carbons (Fsp3) is 0.778. The van der Waals surface area contributed by atoms with Crippen molar-refractivity contribution in [3.63, 3.8) is 0 Å². The largest absolute Gasteiger partial charge is 0.374 e.